The lowest BCUT2D eigenvalue weighted by Gasteiger charge is -1.94. The molecule has 3 heteroatoms. The summed E-state index contributed by atoms with van der Waals surface area (Å²) in [4.78, 5) is 19.4. The van der Waals surface area contributed by atoms with E-state index in [9.17, 15) is 14.7 Å². The van der Waals surface area contributed by atoms with Crippen LogP contribution in [0.2, 0.25) is 0 Å². The average molecular weight is 114 g/mol. The minimum atomic E-state index is -1.34. The zero-order valence-electron chi connectivity index (χ0n) is 4.51. The van der Waals surface area contributed by atoms with E-state index in [0.717, 1.165) is 0 Å². The molecule has 0 spiro atoms. The van der Waals surface area contributed by atoms with E-state index < -0.39 is 11.9 Å². The van der Waals surface area contributed by atoms with E-state index in [1.165, 1.54) is 6.29 Å². The van der Waals surface area contributed by atoms with Crippen LogP contribution in [-0.4, -0.2) is 12.3 Å². The van der Waals surface area contributed by atoms with E-state index in [-0.39, 0.29) is 6.42 Å². The van der Waals surface area contributed by atoms with E-state index in [2.05, 4.69) is 0 Å². The number of rotatable bonds is 3. The third kappa shape index (κ3) is 1.67. The summed E-state index contributed by atoms with van der Waals surface area (Å²) in [6, 6.07) is 0. The zero-order valence-corrected chi connectivity index (χ0v) is 4.51. The Morgan fingerprint density at radius 3 is 2.38 bits per heavy atom. The Hall–Kier alpha value is -0.950. The van der Waals surface area contributed by atoms with Gasteiger partial charge < -0.3 is 9.90 Å². The Kier molecular flexibility index (Phi) is 2.74. The second kappa shape index (κ2) is 3.10. The molecular weight excluding hydrogens is 108 g/mol. The van der Waals surface area contributed by atoms with Crippen LogP contribution < -0.4 is 5.11 Å². The van der Waals surface area contributed by atoms with Crippen molar-refractivity contribution in [3.05, 3.63) is 0 Å². The van der Waals surface area contributed by atoms with Crippen molar-refractivity contribution in [2.45, 2.75) is 13.3 Å². The molecule has 0 aliphatic heterocycles. The molecule has 0 fully saturated rings. The third-order valence-corrected chi connectivity index (χ3v) is 0.835. The number of hydrogen-bond donors (Lipinski definition) is 0. The van der Waals surface area contributed by atoms with E-state index >= 15 is 0 Å². The van der Waals surface area contributed by atoms with Crippen molar-refractivity contribution in [3.8, 4) is 0 Å². The Morgan fingerprint density at radius 2 is 2.38 bits per heavy atom. The van der Waals surface area contributed by atoms with Crippen molar-refractivity contribution in [1.29, 1.82) is 0 Å². The van der Waals surface area contributed by atoms with Crippen LogP contribution in [0, 0.1) is 5.92 Å². The monoisotopic (exact) mass is 114 g/mol. The van der Waals surface area contributed by atoms with Gasteiger partial charge in [-0.2, -0.15) is 0 Å². The van der Waals surface area contributed by atoms with Crippen molar-refractivity contribution >= 4 is 12.3 Å². The lowest BCUT2D eigenvalue weighted by atomic mass is 10.1. The molecule has 0 aromatic heterocycles. The van der Waals surface area contributed by atoms with Crippen molar-refractivity contribution in [1.82, 2.24) is 0 Å². The van der Waals surface area contributed by atoms with E-state index in [1.807, 2.05) is 0 Å². The first-order valence-electron chi connectivity index (χ1n) is 2.31. The highest BCUT2D eigenvalue weighted by Gasteiger charge is 2.19. The van der Waals surface area contributed by atoms with Crippen molar-refractivity contribution < 1.29 is 14.7 Å². The third-order valence-electron chi connectivity index (χ3n) is 0.835. The minimum absolute atomic E-state index is 0.256. The molecule has 0 amide bonds. The van der Waals surface area contributed by atoms with Gasteiger partial charge in [-0.05, 0) is 0 Å². The van der Waals surface area contributed by atoms with Crippen molar-refractivity contribution in [3.63, 3.8) is 0 Å². The minimum Gasteiger partial charge on any atom is -0.544 e. The first-order chi connectivity index (χ1) is 3.72. The fourth-order valence-electron chi connectivity index (χ4n) is 0.298. The number of carboxylic acids is 1. The van der Waals surface area contributed by atoms with Crippen LogP contribution in [-0.2, 0) is 9.59 Å². The zero-order chi connectivity index (χ0) is 6.57. The van der Waals surface area contributed by atoms with Crippen LogP contribution in [0.3, 0.4) is 0 Å². The molecule has 0 bridgehead atoms. The molecule has 0 aromatic rings. The van der Waals surface area contributed by atoms with Crippen LogP contribution in [0.1, 0.15) is 13.3 Å². The van der Waals surface area contributed by atoms with Gasteiger partial charge in [0.05, 0.1) is 0 Å². The first-order valence-corrected chi connectivity index (χ1v) is 2.31. The summed E-state index contributed by atoms with van der Waals surface area (Å²) in [5.74, 6) is -2.39. The van der Waals surface area contributed by atoms with Gasteiger partial charge >= 0.3 is 6.29 Å². The number of carbonyl (C=O) groups excluding carboxylic acids is 2. The Bertz CT molecular complexity index is 97.8. The van der Waals surface area contributed by atoms with Crippen LogP contribution in [0.4, 0.5) is 0 Å². The molecule has 0 N–H and O–H groups in total. The molecule has 0 radical (unpaired) electrons. The number of aliphatic carboxylic acids is 1. The smallest absolute Gasteiger partial charge is 0.515 e. The highest BCUT2D eigenvalue weighted by molar-refractivity contribution is 5.84. The molecule has 1 atom stereocenters. The SMILES string of the molecule is CCC([C+]=O)C(=O)[O-]. The molecule has 0 saturated heterocycles. The fourth-order valence-corrected chi connectivity index (χ4v) is 0.298. The normalized spacial score (nSPS) is 12.1. The van der Waals surface area contributed by atoms with Gasteiger partial charge in [0.1, 0.15) is 5.97 Å². The average Bonchev–Trinajstić information content (AvgIpc) is 1.69. The summed E-state index contributed by atoms with van der Waals surface area (Å²) in [7, 11) is 0. The van der Waals surface area contributed by atoms with Crippen molar-refractivity contribution in [2.75, 3.05) is 0 Å². The Labute approximate surface area is 47.3 Å². The second-order valence-electron chi connectivity index (χ2n) is 1.40. The van der Waals surface area contributed by atoms with Crippen LogP contribution in [0.5, 0.6) is 0 Å². The number of carboxylic acid groups (broad SMARTS) is 1. The largest absolute Gasteiger partial charge is 0.544 e. The maximum absolute atomic E-state index is 9.79. The molecule has 0 aliphatic carbocycles. The van der Waals surface area contributed by atoms with Crippen LogP contribution >= 0.6 is 0 Å². The van der Waals surface area contributed by atoms with E-state index in [0.29, 0.717) is 0 Å². The first kappa shape index (κ1) is 7.05. The summed E-state index contributed by atoms with van der Waals surface area (Å²) in [6.45, 7) is 1.59. The van der Waals surface area contributed by atoms with Gasteiger partial charge in [-0.25, -0.2) is 0 Å². The number of carbonyl (C=O) groups is 1. The van der Waals surface area contributed by atoms with E-state index in [4.69, 9.17) is 0 Å². The van der Waals surface area contributed by atoms with Gasteiger partial charge in [-0.15, -0.1) is 0 Å². The molecular formula is C5H6O3. The second-order valence-corrected chi connectivity index (χ2v) is 1.40. The highest BCUT2D eigenvalue weighted by atomic mass is 16.4. The topological polar surface area (TPSA) is 57.2 Å². The molecule has 0 aliphatic rings. The molecule has 1 unspecified atom stereocenters. The van der Waals surface area contributed by atoms with Crippen LogP contribution in [0.25, 0.3) is 0 Å². The Balaban J connectivity index is 3.69. The molecule has 0 aromatic carbocycles. The van der Waals surface area contributed by atoms with Crippen LogP contribution in [0.15, 0.2) is 0 Å². The van der Waals surface area contributed by atoms with Gasteiger partial charge in [0.15, 0.2) is 0 Å². The standard InChI is InChI=1S/C5H6O3/c1-2-4(3-6)5(7)8/h4H,2H2,1H3. The molecule has 0 rings (SSSR count). The number of hydrogen-bond acceptors (Lipinski definition) is 3. The summed E-state index contributed by atoms with van der Waals surface area (Å²) in [5.41, 5.74) is 0. The van der Waals surface area contributed by atoms with Gasteiger partial charge in [0.2, 0.25) is 0 Å². The highest BCUT2D eigenvalue weighted by Crippen LogP contribution is 1.93. The van der Waals surface area contributed by atoms with Gasteiger partial charge in [-0.3, -0.25) is 0 Å². The summed E-state index contributed by atoms with van der Waals surface area (Å²) >= 11 is 0. The lowest BCUT2D eigenvalue weighted by molar-refractivity contribution is -0.308. The predicted molar refractivity (Wildman–Crippen MR) is 24.5 cm³/mol. The maximum Gasteiger partial charge on any atom is 0.515 e. The Morgan fingerprint density at radius 1 is 1.88 bits per heavy atom. The lowest BCUT2D eigenvalue weighted by Crippen LogP contribution is -2.31. The molecule has 8 heavy (non-hydrogen) atoms. The molecule has 3 nitrogen and oxygen atoms in total. The summed E-state index contributed by atoms with van der Waals surface area (Å²) in [5, 5.41) is 9.79. The van der Waals surface area contributed by atoms with Gasteiger partial charge in [0, 0.05) is 11.2 Å². The maximum atomic E-state index is 9.79. The predicted octanol–water partition coefficient (Wildman–Crippen LogP) is -1.13. The van der Waals surface area contributed by atoms with E-state index in [1.54, 1.807) is 6.92 Å². The van der Waals surface area contributed by atoms with Gasteiger partial charge in [-0.1, -0.05) is 6.92 Å². The van der Waals surface area contributed by atoms with Gasteiger partial charge in [0.25, 0.3) is 5.92 Å². The quantitative estimate of drug-likeness (QED) is 0.344. The fraction of sp³-hybridized carbons (Fsp3) is 0.600. The molecule has 0 saturated carbocycles. The van der Waals surface area contributed by atoms with Crippen molar-refractivity contribution in [2.24, 2.45) is 5.92 Å². The molecule has 0 heterocycles. The summed E-state index contributed by atoms with van der Waals surface area (Å²) in [6.07, 6.45) is 1.59. The summed E-state index contributed by atoms with van der Waals surface area (Å²) < 4.78 is 0. The molecule has 44 valence electrons.